The fourth-order valence-corrected chi connectivity index (χ4v) is 6.14. The van der Waals surface area contributed by atoms with E-state index >= 15 is 0 Å². The Hall–Kier alpha value is 0. The summed E-state index contributed by atoms with van der Waals surface area (Å²) >= 11 is 0. The van der Waals surface area contributed by atoms with Gasteiger partial charge in [-0.15, -0.1) is 0 Å². The van der Waals surface area contributed by atoms with E-state index in [0.717, 1.165) is 35.5 Å². The Bertz CT molecular complexity index is 306. The summed E-state index contributed by atoms with van der Waals surface area (Å²) in [6.07, 6.45) is 21.6. The molecule has 0 aromatic rings. The average molecular weight is 305 g/mol. The maximum Gasteiger partial charge on any atom is -0.0381 e. The van der Waals surface area contributed by atoms with Crippen LogP contribution in [-0.2, 0) is 0 Å². The third-order valence-electron chi connectivity index (χ3n) is 7.63. The molecule has 3 atom stereocenters. The molecular weight excluding hydrogens is 264 g/mol. The van der Waals surface area contributed by atoms with Crippen molar-refractivity contribution in [3.63, 3.8) is 0 Å². The highest BCUT2D eigenvalue weighted by Gasteiger charge is 2.33. The standard InChI is InChI=1S/C22H40/c1-17-11-13-20(14-12-17)21-10-6-7-18(2)15-22(16-21)19-8-4-3-5-9-19/h17-22H,3-16H2,1-2H3/t17?,18?,20?,21-,22+/m1/s1. The van der Waals surface area contributed by atoms with Crippen LogP contribution in [0.1, 0.15) is 104 Å². The monoisotopic (exact) mass is 304 g/mol. The smallest absolute Gasteiger partial charge is 0.0381 e. The largest absolute Gasteiger partial charge is 0.0625 e. The summed E-state index contributed by atoms with van der Waals surface area (Å²) in [6, 6.07) is 0. The fraction of sp³-hybridized carbons (Fsp3) is 1.00. The van der Waals surface area contributed by atoms with Gasteiger partial charge in [0, 0.05) is 0 Å². The molecule has 3 aliphatic rings. The van der Waals surface area contributed by atoms with Crippen molar-refractivity contribution in [3.8, 4) is 0 Å². The summed E-state index contributed by atoms with van der Waals surface area (Å²) in [6.45, 7) is 5.01. The average Bonchev–Trinajstić information content (AvgIpc) is 2.52. The van der Waals surface area contributed by atoms with E-state index in [4.69, 9.17) is 0 Å². The van der Waals surface area contributed by atoms with E-state index in [0.29, 0.717) is 0 Å². The summed E-state index contributed by atoms with van der Waals surface area (Å²) in [7, 11) is 0. The van der Waals surface area contributed by atoms with Gasteiger partial charge in [0.1, 0.15) is 0 Å². The van der Waals surface area contributed by atoms with Gasteiger partial charge in [-0.3, -0.25) is 0 Å². The van der Waals surface area contributed by atoms with Crippen LogP contribution in [0.3, 0.4) is 0 Å². The van der Waals surface area contributed by atoms with Crippen LogP contribution in [0.15, 0.2) is 0 Å². The van der Waals surface area contributed by atoms with Crippen molar-refractivity contribution in [1.29, 1.82) is 0 Å². The van der Waals surface area contributed by atoms with Crippen molar-refractivity contribution >= 4 is 0 Å². The molecule has 0 amide bonds. The van der Waals surface area contributed by atoms with Crippen LogP contribution in [0.4, 0.5) is 0 Å². The molecule has 128 valence electrons. The zero-order valence-corrected chi connectivity index (χ0v) is 15.4. The normalized spacial score (nSPS) is 42.5. The zero-order valence-electron chi connectivity index (χ0n) is 15.4. The number of rotatable bonds is 2. The van der Waals surface area contributed by atoms with Gasteiger partial charge in [0.2, 0.25) is 0 Å². The topological polar surface area (TPSA) is 0 Å². The molecule has 0 aromatic carbocycles. The third kappa shape index (κ3) is 4.51. The molecular formula is C22H40. The second-order valence-electron chi connectivity index (χ2n) is 9.45. The second kappa shape index (κ2) is 8.20. The Labute approximate surface area is 139 Å². The molecule has 3 fully saturated rings. The lowest BCUT2D eigenvalue weighted by Crippen LogP contribution is -2.29. The van der Waals surface area contributed by atoms with Crippen LogP contribution in [0.2, 0.25) is 0 Å². The van der Waals surface area contributed by atoms with Gasteiger partial charge in [0.15, 0.2) is 0 Å². The molecule has 0 radical (unpaired) electrons. The van der Waals surface area contributed by atoms with Crippen molar-refractivity contribution < 1.29 is 0 Å². The van der Waals surface area contributed by atoms with E-state index in [1.165, 1.54) is 44.9 Å². The quantitative estimate of drug-likeness (QED) is 0.505. The van der Waals surface area contributed by atoms with Crippen molar-refractivity contribution in [1.82, 2.24) is 0 Å². The summed E-state index contributed by atoms with van der Waals surface area (Å²) in [5, 5.41) is 0. The van der Waals surface area contributed by atoms with Gasteiger partial charge in [-0.05, 0) is 61.2 Å². The van der Waals surface area contributed by atoms with Crippen molar-refractivity contribution in [3.05, 3.63) is 0 Å². The Morgan fingerprint density at radius 2 is 1.05 bits per heavy atom. The van der Waals surface area contributed by atoms with Crippen molar-refractivity contribution in [2.75, 3.05) is 0 Å². The fourth-order valence-electron chi connectivity index (χ4n) is 6.14. The second-order valence-corrected chi connectivity index (χ2v) is 9.45. The van der Waals surface area contributed by atoms with Crippen LogP contribution < -0.4 is 0 Å². The van der Waals surface area contributed by atoms with Gasteiger partial charge in [0.25, 0.3) is 0 Å². The first-order valence-electron chi connectivity index (χ1n) is 10.7. The Morgan fingerprint density at radius 1 is 0.409 bits per heavy atom. The number of hydrogen-bond acceptors (Lipinski definition) is 0. The lowest BCUT2D eigenvalue weighted by atomic mass is 9.65. The Balaban J connectivity index is 1.62. The van der Waals surface area contributed by atoms with Gasteiger partial charge in [-0.1, -0.05) is 78.1 Å². The highest BCUT2D eigenvalue weighted by Crippen LogP contribution is 2.45. The maximum atomic E-state index is 2.54. The predicted octanol–water partition coefficient (Wildman–Crippen LogP) is 7.23. The molecule has 0 bridgehead atoms. The molecule has 0 heterocycles. The van der Waals surface area contributed by atoms with Gasteiger partial charge < -0.3 is 0 Å². The highest BCUT2D eigenvalue weighted by molar-refractivity contribution is 4.84. The molecule has 0 spiro atoms. The molecule has 3 saturated carbocycles. The minimum atomic E-state index is 0.999. The predicted molar refractivity (Wildman–Crippen MR) is 96.9 cm³/mol. The molecule has 0 nitrogen and oxygen atoms in total. The number of hydrogen-bond donors (Lipinski definition) is 0. The molecule has 3 rings (SSSR count). The molecule has 0 aromatic heterocycles. The van der Waals surface area contributed by atoms with E-state index in [9.17, 15) is 0 Å². The minimum absolute atomic E-state index is 0.999. The minimum Gasteiger partial charge on any atom is -0.0625 e. The summed E-state index contributed by atoms with van der Waals surface area (Å²) in [5.41, 5.74) is 0. The van der Waals surface area contributed by atoms with Crippen LogP contribution in [0, 0.1) is 35.5 Å². The molecule has 22 heavy (non-hydrogen) atoms. The lowest BCUT2D eigenvalue weighted by molar-refractivity contribution is 0.109. The summed E-state index contributed by atoms with van der Waals surface area (Å²) in [5.74, 6) is 6.38. The van der Waals surface area contributed by atoms with E-state index in [1.807, 2.05) is 0 Å². The van der Waals surface area contributed by atoms with E-state index < -0.39 is 0 Å². The van der Waals surface area contributed by atoms with E-state index in [-0.39, 0.29) is 0 Å². The van der Waals surface area contributed by atoms with Crippen LogP contribution in [0.5, 0.6) is 0 Å². The molecule has 1 unspecified atom stereocenters. The van der Waals surface area contributed by atoms with Gasteiger partial charge in [-0.2, -0.15) is 0 Å². The van der Waals surface area contributed by atoms with Crippen molar-refractivity contribution in [2.45, 2.75) is 104 Å². The van der Waals surface area contributed by atoms with Crippen LogP contribution >= 0.6 is 0 Å². The van der Waals surface area contributed by atoms with Gasteiger partial charge >= 0.3 is 0 Å². The SMILES string of the molecule is CC1CCC([C@@H]2CCCC(C)C[C@H](C3CCCCC3)C2)CC1. The van der Waals surface area contributed by atoms with E-state index in [1.54, 1.807) is 44.9 Å². The van der Waals surface area contributed by atoms with Crippen LogP contribution in [0.25, 0.3) is 0 Å². The molecule has 0 saturated heterocycles. The van der Waals surface area contributed by atoms with Gasteiger partial charge in [-0.25, -0.2) is 0 Å². The zero-order chi connectivity index (χ0) is 15.4. The summed E-state index contributed by atoms with van der Waals surface area (Å²) in [4.78, 5) is 0. The first-order valence-corrected chi connectivity index (χ1v) is 10.7. The van der Waals surface area contributed by atoms with E-state index in [2.05, 4.69) is 13.8 Å². The third-order valence-corrected chi connectivity index (χ3v) is 7.63. The maximum absolute atomic E-state index is 2.54. The Morgan fingerprint density at radius 3 is 1.77 bits per heavy atom. The lowest BCUT2D eigenvalue weighted by Gasteiger charge is -2.40. The van der Waals surface area contributed by atoms with Crippen molar-refractivity contribution in [2.24, 2.45) is 35.5 Å². The first-order chi connectivity index (χ1) is 10.7. The Kier molecular flexibility index (Phi) is 6.28. The summed E-state index contributed by atoms with van der Waals surface area (Å²) < 4.78 is 0. The highest BCUT2D eigenvalue weighted by atomic mass is 14.4. The molecule has 3 aliphatic carbocycles. The molecule has 0 heteroatoms. The van der Waals surface area contributed by atoms with Crippen LogP contribution in [-0.4, -0.2) is 0 Å². The first kappa shape index (κ1) is 16.8. The molecule has 0 aliphatic heterocycles. The van der Waals surface area contributed by atoms with Gasteiger partial charge in [0.05, 0.1) is 0 Å². The molecule has 0 N–H and O–H groups in total.